The molecule has 2 aromatic carbocycles. The SMILES string of the molecule is CNS(=O)(=O)c1ccc(F)c(C(=O)OC(C)C(=O)c2ccccc2)c1. The minimum absolute atomic E-state index is 0.287. The summed E-state index contributed by atoms with van der Waals surface area (Å²) in [5.41, 5.74) is -0.223. The molecule has 0 heterocycles. The molecule has 1 atom stereocenters. The summed E-state index contributed by atoms with van der Waals surface area (Å²) in [7, 11) is -2.66. The van der Waals surface area contributed by atoms with Gasteiger partial charge in [0.1, 0.15) is 5.82 Å². The Balaban J connectivity index is 2.23. The first-order chi connectivity index (χ1) is 11.8. The van der Waals surface area contributed by atoms with Crippen molar-refractivity contribution in [2.75, 3.05) is 7.05 Å². The molecule has 0 saturated carbocycles. The Labute approximate surface area is 144 Å². The quantitative estimate of drug-likeness (QED) is 0.626. The van der Waals surface area contributed by atoms with Crippen LogP contribution in [0.2, 0.25) is 0 Å². The van der Waals surface area contributed by atoms with Gasteiger partial charge in [-0.15, -0.1) is 0 Å². The first-order valence-corrected chi connectivity index (χ1v) is 8.78. The zero-order valence-corrected chi connectivity index (χ0v) is 14.3. The van der Waals surface area contributed by atoms with Crippen molar-refractivity contribution in [1.82, 2.24) is 4.72 Å². The summed E-state index contributed by atoms with van der Waals surface area (Å²) < 4.78 is 44.5. The summed E-state index contributed by atoms with van der Waals surface area (Å²) in [6, 6.07) is 10.9. The van der Waals surface area contributed by atoms with Crippen LogP contribution in [0.5, 0.6) is 0 Å². The molecule has 0 bridgehead atoms. The molecule has 0 aliphatic carbocycles. The number of esters is 1. The lowest BCUT2D eigenvalue weighted by Gasteiger charge is -2.13. The van der Waals surface area contributed by atoms with Crippen LogP contribution >= 0.6 is 0 Å². The van der Waals surface area contributed by atoms with Crippen molar-refractivity contribution < 1.29 is 27.1 Å². The predicted molar refractivity (Wildman–Crippen MR) is 88.3 cm³/mol. The highest BCUT2D eigenvalue weighted by atomic mass is 32.2. The van der Waals surface area contributed by atoms with Crippen molar-refractivity contribution in [3.8, 4) is 0 Å². The smallest absolute Gasteiger partial charge is 0.341 e. The third-order valence-electron chi connectivity index (χ3n) is 3.45. The van der Waals surface area contributed by atoms with Gasteiger partial charge in [-0.05, 0) is 32.2 Å². The molecule has 0 fully saturated rings. The number of hydrogen-bond acceptors (Lipinski definition) is 5. The van der Waals surface area contributed by atoms with Gasteiger partial charge in [0.15, 0.2) is 6.10 Å². The summed E-state index contributed by atoms with van der Waals surface area (Å²) in [6.45, 7) is 1.36. The molecular formula is C17H16FNO5S. The van der Waals surface area contributed by atoms with E-state index in [0.717, 1.165) is 18.2 Å². The second kappa shape index (κ2) is 7.54. The van der Waals surface area contributed by atoms with Crippen molar-refractivity contribution in [1.29, 1.82) is 0 Å². The maximum atomic E-state index is 13.9. The zero-order chi connectivity index (χ0) is 18.6. The highest BCUT2D eigenvalue weighted by Crippen LogP contribution is 2.17. The number of ketones is 1. The Kier molecular flexibility index (Phi) is 5.66. The van der Waals surface area contributed by atoms with Crippen molar-refractivity contribution in [2.45, 2.75) is 17.9 Å². The standard InChI is InChI=1S/C17H16FNO5S/c1-11(16(20)12-6-4-3-5-7-12)24-17(21)14-10-13(8-9-15(14)18)25(22,23)19-2/h3-11,19H,1-2H3. The van der Waals surface area contributed by atoms with Crippen LogP contribution in [0.1, 0.15) is 27.6 Å². The summed E-state index contributed by atoms with van der Waals surface area (Å²) in [4.78, 5) is 24.1. The Morgan fingerprint density at radius 2 is 1.76 bits per heavy atom. The fourth-order valence-electron chi connectivity index (χ4n) is 2.06. The van der Waals surface area contributed by atoms with Gasteiger partial charge in [-0.3, -0.25) is 4.79 Å². The summed E-state index contributed by atoms with van der Waals surface area (Å²) >= 11 is 0. The Hall–Kier alpha value is -2.58. The molecule has 2 rings (SSSR count). The van der Waals surface area contributed by atoms with Crippen LogP contribution in [0.4, 0.5) is 4.39 Å². The number of carbonyl (C=O) groups is 2. The number of benzene rings is 2. The molecule has 1 N–H and O–H groups in total. The van der Waals surface area contributed by atoms with Crippen LogP contribution in [0.15, 0.2) is 53.4 Å². The van der Waals surface area contributed by atoms with Gasteiger partial charge in [-0.1, -0.05) is 30.3 Å². The topological polar surface area (TPSA) is 89.5 Å². The molecule has 6 nitrogen and oxygen atoms in total. The lowest BCUT2D eigenvalue weighted by molar-refractivity contribution is 0.0314. The van der Waals surface area contributed by atoms with E-state index >= 15 is 0 Å². The molecule has 25 heavy (non-hydrogen) atoms. The van der Waals surface area contributed by atoms with E-state index < -0.39 is 39.3 Å². The lowest BCUT2D eigenvalue weighted by atomic mass is 10.1. The summed E-state index contributed by atoms with van der Waals surface area (Å²) in [6.07, 6.45) is -1.15. The molecule has 1 unspecified atom stereocenters. The van der Waals surface area contributed by atoms with E-state index in [1.165, 1.54) is 14.0 Å². The van der Waals surface area contributed by atoms with Gasteiger partial charge < -0.3 is 4.74 Å². The molecule has 2 aromatic rings. The molecule has 0 aromatic heterocycles. The normalized spacial score (nSPS) is 12.4. The average Bonchev–Trinajstić information content (AvgIpc) is 2.61. The highest BCUT2D eigenvalue weighted by molar-refractivity contribution is 7.89. The first-order valence-electron chi connectivity index (χ1n) is 7.29. The third-order valence-corrected chi connectivity index (χ3v) is 4.86. The van der Waals surface area contributed by atoms with E-state index in [1.807, 2.05) is 0 Å². The van der Waals surface area contributed by atoms with Gasteiger partial charge in [0.2, 0.25) is 15.8 Å². The summed E-state index contributed by atoms with van der Waals surface area (Å²) in [5, 5.41) is 0. The minimum atomic E-state index is -3.85. The van der Waals surface area contributed by atoms with Gasteiger partial charge in [0.25, 0.3) is 0 Å². The fourth-order valence-corrected chi connectivity index (χ4v) is 2.82. The van der Waals surface area contributed by atoms with Crippen LogP contribution in [0.3, 0.4) is 0 Å². The van der Waals surface area contributed by atoms with E-state index in [-0.39, 0.29) is 4.90 Å². The number of rotatable bonds is 6. The Morgan fingerprint density at radius 1 is 1.12 bits per heavy atom. The molecule has 0 spiro atoms. The van der Waals surface area contributed by atoms with Gasteiger partial charge in [0.05, 0.1) is 10.5 Å². The number of carbonyl (C=O) groups excluding carboxylic acids is 2. The van der Waals surface area contributed by atoms with Crippen molar-refractivity contribution >= 4 is 21.8 Å². The van der Waals surface area contributed by atoms with E-state index in [2.05, 4.69) is 4.72 Å². The molecule has 0 amide bonds. The Bertz CT molecular complexity index is 897. The van der Waals surface area contributed by atoms with Crippen LogP contribution in [-0.4, -0.2) is 33.3 Å². The summed E-state index contributed by atoms with van der Waals surface area (Å²) in [5.74, 6) is -2.52. The number of nitrogens with one attached hydrogen (secondary N) is 1. The molecule has 0 radical (unpaired) electrons. The number of ether oxygens (including phenoxy) is 1. The highest BCUT2D eigenvalue weighted by Gasteiger charge is 2.24. The van der Waals surface area contributed by atoms with Crippen LogP contribution in [0.25, 0.3) is 0 Å². The molecule has 0 aliphatic heterocycles. The predicted octanol–water partition coefficient (Wildman–Crippen LogP) is 2.16. The number of sulfonamides is 1. The number of Topliss-reactive ketones (excluding diaryl/α,β-unsaturated/α-hetero) is 1. The molecular weight excluding hydrogens is 349 g/mol. The van der Waals surface area contributed by atoms with Crippen molar-refractivity contribution in [2.24, 2.45) is 0 Å². The van der Waals surface area contributed by atoms with Gasteiger partial charge in [0, 0.05) is 5.56 Å². The van der Waals surface area contributed by atoms with Crippen LogP contribution < -0.4 is 4.72 Å². The number of hydrogen-bond donors (Lipinski definition) is 1. The fraction of sp³-hybridized carbons (Fsp3) is 0.176. The van der Waals surface area contributed by atoms with Gasteiger partial charge in [-0.2, -0.15) is 0 Å². The molecule has 132 valence electrons. The maximum absolute atomic E-state index is 13.9. The van der Waals surface area contributed by atoms with Gasteiger partial charge >= 0.3 is 5.97 Å². The second-order valence-corrected chi connectivity index (χ2v) is 7.01. The zero-order valence-electron chi connectivity index (χ0n) is 13.5. The Morgan fingerprint density at radius 3 is 2.36 bits per heavy atom. The average molecular weight is 365 g/mol. The van der Waals surface area contributed by atoms with E-state index in [0.29, 0.717) is 5.56 Å². The minimum Gasteiger partial charge on any atom is -0.451 e. The molecule has 8 heteroatoms. The van der Waals surface area contributed by atoms with Crippen LogP contribution in [0, 0.1) is 5.82 Å². The first kappa shape index (κ1) is 18.8. The van der Waals surface area contributed by atoms with E-state index in [1.54, 1.807) is 30.3 Å². The van der Waals surface area contributed by atoms with E-state index in [9.17, 15) is 22.4 Å². The maximum Gasteiger partial charge on any atom is 0.341 e. The number of halogens is 1. The largest absolute Gasteiger partial charge is 0.451 e. The second-order valence-electron chi connectivity index (χ2n) is 5.13. The van der Waals surface area contributed by atoms with Crippen molar-refractivity contribution in [3.05, 3.63) is 65.5 Å². The van der Waals surface area contributed by atoms with E-state index in [4.69, 9.17) is 4.74 Å². The molecule has 0 aliphatic rings. The van der Waals surface area contributed by atoms with Crippen LogP contribution in [-0.2, 0) is 14.8 Å². The third kappa shape index (κ3) is 4.28. The van der Waals surface area contributed by atoms with Crippen molar-refractivity contribution in [3.63, 3.8) is 0 Å². The lowest BCUT2D eigenvalue weighted by Crippen LogP contribution is -2.25. The molecule has 0 saturated heterocycles. The monoisotopic (exact) mass is 365 g/mol. The van der Waals surface area contributed by atoms with Gasteiger partial charge in [-0.25, -0.2) is 22.3 Å².